The second-order valence-corrected chi connectivity index (χ2v) is 5.93. The minimum Gasteiger partial charge on any atom is -0.508 e. The predicted molar refractivity (Wildman–Crippen MR) is 87.7 cm³/mol. The first kappa shape index (κ1) is 15.3. The number of aromatic hydroxyl groups is 1. The van der Waals surface area contributed by atoms with Crippen molar-refractivity contribution < 1.29 is 15.0 Å². The maximum absolute atomic E-state index is 10.7. The molecule has 1 heterocycles. The lowest BCUT2D eigenvalue weighted by molar-refractivity contribution is -0.131. The molecule has 5 nitrogen and oxygen atoms in total. The van der Waals surface area contributed by atoms with Gasteiger partial charge in [0.2, 0.25) is 0 Å². The van der Waals surface area contributed by atoms with E-state index in [1.54, 1.807) is 12.1 Å². The van der Waals surface area contributed by atoms with E-state index in [9.17, 15) is 9.90 Å². The molecular formula is C18H20N2O3. The molecule has 0 atom stereocenters. The Kier molecular flexibility index (Phi) is 4.46. The lowest BCUT2D eigenvalue weighted by atomic mass is 9.86. The molecule has 0 unspecified atom stereocenters. The molecule has 1 aromatic carbocycles. The van der Waals surface area contributed by atoms with Gasteiger partial charge in [0.25, 0.3) is 0 Å². The van der Waals surface area contributed by atoms with Gasteiger partial charge in [-0.1, -0.05) is 19.3 Å². The number of aliphatic carboxylic acids is 1. The largest absolute Gasteiger partial charge is 0.508 e. The number of phenolic OH excluding ortho intramolecular Hbond substituents is 1. The van der Waals surface area contributed by atoms with E-state index in [0.717, 1.165) is 30.3 Å². The van der Waals surface area contributed by atoms with Gasteiger partial charge < -0.3 is 10.2 Å². The Morgan fingerprint density at radius 3 is 2.52 bits per heavy atom. The first-order chi connectivity index (χ1) is 11.1. The van der Waals surface area contributed by atoms with E-state index in [2.05, 4.69) is 5.10 Å². The van der Waals surface area contributed by atoms with E-state index in [1.165, 1.54) is 25.3 Å². The quantitative estimate of drug-likeness (QED) is 0.844. The monoisotopic (exact) mass is 312 g/mol. The van der Waals surface area contributed by atoms with Gasteiger partial charge in [-0.3, -0.25) is 0 Å². The van der Waals surface area contributed by atoms with Crippen LogP contribution in [0.25, 0.3) is 11.8 Å². The summed E-state index contributed by atoms with van der Waals surface area (Å²) >= 11 is 0. The molecule has 1 aromatic heterocycles. The number of rotatable bonds is 4. The number of aromatic nitrogens is 2. The Morgan fingerprint density at radius 1 is 1.17 bits per heavy atom. The van der Waals surface area contributed by atoms with Gasteiger partial charge in [-0.2, -0.15) is 5.10 Å². The van der Waals surface area contributed by atoms with Crippen LogP contribution in [-0.4, -0.2) is 26.0 Å². The van der Waals surface area contributed by atoms with Crippen LogP contribution >= 0.6 is 0 Å². The van der Waals surface area contributed by atoms with Crippen LogP contribution in [0.15, 0.2) is 36.4 Å². The Bertz CT molecular complexity index is 710. The van der Waals surface area contributed by atoms with Crippen LogP contribution in [0.3, 0.4) is 0 Å². The highest BCUT2D eigenvalue weighted by atomic mass is 16.4. The van der Waals surface area contributed by atoms with E-state index in [-0.39, 0.29) is 5.75 Å². The number of carboxylic acids is 1. The van der Waals surface area contributed by atoms with E-state index in [4.69, 9.17) is 5.11 Å². The summed E-state index contributed by atoms with van der Waals surface area (Å²) < 4.78 is 1.87. The van der Waals surface area contributed by atoms with Crippen molar-refractivity contribution >= 4 is 12.0 Å². The first-order valence-corrected chi connectivity index (χ1v) is 7.94. The Hall–Kier alpha value is -2.56. The molecule has 1 fully saturated rings. The van der Waals surface area contributed by atoms with Crippen LogP contribution in [0, 0.1) is 0 Å². The number of nitrogens with zero attached hydrogens (tertiary/aromatic N) is 2. The molecule has 0 aliphatic heterocycles. The third kappa shape index (κ3) is 3.62. The lowest BCUT2D eigenvalue weighted by Crippen LogP contribution is -2.10. The molecule has 0 saturated heterocycles. The summed E-state index contributed by atoms with van der Waals surface area (Å²) in [6.45, 7) is 0. The van der Waals surface area contributed by atoms with Crippen molar-refractivity contribution in [2.45, 2.75) is 38.0 Å². The summed E-state index contributed by atoms with van der Waals surface area (Å²) in [6.07, 6.45) is 8.59. The molecule has 2 aromatic rings. The fourth-order valence-corrected chi connectivity index (χ4v) is 3.14. The van der Waals surface area contributed by atoms with Crippen molar-refractivity contribution in [3.05, 3.63) is 47.8 Å². The van der Waals surface area contributed by atoms with Crippen molar-refractivity contribution in [1.29, 1.82) is 0 Å². The zero-order valence-corrected chi connectivity index (χ0v) is 12.9. The van der Waals surface area contributed by atoms with E-state index in [0.29, 0.717) is 11.6 Å². The maximum atomic E-state index is 10.7. The Morgan fingerprint density at radius 2 is 1.87 bits per heavy atom. The molecule has 3 rings (SSSR count). The third-order valence-corrected chi connectivity index (χ3v) is 4.27. The minimum atomic E-state index is -0.983. The fourth-order valence-electron chi connectivity index (χ4n) is 3.14. The smallest absolute Gasteiger partial charge is 0.328 e. The molecule has 23 heavy (non-hydrogen) atoms. The summed E-state index contributed by atoms with van der Waals surface area (Å²) in [5.41, 5.74) is 2.62. The molecule has 0 amide bonds. The molecule has 0 bridgehead atoms. The van der Waals surface area contributed by atoms with Crippen LogP contribution in [0.1, 0.15) is 49.4 Å². The molecule has 1 aliphatic carbocycles. The zero-order chi connectivity index (χ0) is 16.2. The van der Waals surface area contributed by atoms with Gasteiger partial charge in [0, 0.05) is 17.7 Å². The summed E-state index contributed by atoms with van der Waals surface area (Å²) in [5, 5.41) is 22.8. The number of hydrogen-bond acceptors (Lipinski definition) is 3. The molecule has 120 valence electrons. The van der Waals surface area contributed by atoms with Crippen molar-refractivity contribution in [2.24, 2.45) is 0 Å². The van der Waals surface area contributed by atoms with Gasteiger partial charge in [-0.15, -0.1) is 0 Å². The second kappa shape index (κ2) is 6.69. The van der Waals surface area contributed by atoms with Crippen molar-refractivity contribution in [1.82, 2.24) is 9.78 Å². The highest BCUT2D eigenvalue weighted by Gasteiger charge is 2.21. The second-order valence-electron chi connectivity index (χ2n) is 5.93. The summed E-state index contributed by atoms with van der Waals surface area (Å²) in [7, 11) is 0. The van der Waals surface area contributed by atoms with Gasteiger partial charge in [0.15, 0.2) is 0 Å². The number of carbonyl (C=O) groups is 1. The van der Waals surface area contributed by atoms with Crippen LogP contribution in [0.5, 0.6) is 5.75 Å². The SMILES string of the molecule is O=C(O)/C=C/c1cc(C2CCCCC2)n(-c2ccc(O)cc2)n1. The number of carboxylic acid groups (broad SMARTS) is 1. The van der Waals surface area contributed by atoms with Crippen LogP contribution in [-0.2, 0) is 4.79 Å². The molecule has 1 saturated carbocycles. The number of hydrogen-bond donors (Lipinski definition) is 2. The summed E-state index contributed by atoms with van der Waals surface area (Å²) in [6, 6.07) is 8.88. The fraction of sp³-hybridized carbons (Fsp3) is 0.333. The van der Waals surface area contributed by atoms with Crippen molar-refractivity contribution in [3.8, 4) is 11.4 Å². The zero-order valence-electron chi connectivity index (χ0n) is 12.9. The highest BCUT2D eigenvalue weighted by molar-refractivity contribution is 5.84. The molecule has 0 radical (unpaired) electrons. The standard InChI is InChI=1S/C18H20N2O3/c21-16-9-7-15(8-10-16)20-17(13-4-2-1-3-5-13)12-14(19-20)6-11-18(22)23/h6-13,21H,1-5H2,(H,22,23)/b11-6+. The third-order valence-electron chi connectivity index (χ3n) is 4.27. The van der Waals surface area contributed by atoms with Crippen molar-refractivity contribution in [2.75, 3.05) is 0 Å². The van der Waals surface area contributed by atoms with Gasteiger partial charge in [0.05, 0.1) is 11.4 Å². The first-order valence-electron chi connectivity index (χ1n) is 7.94. The average Bonchev–Trinajstić information content (AvgIpc) is 2.99. The van der Waals surface area contributed by atoms with E-state index in [1.807, 2.05) is 22.9 Å². The van der Waals surface area contributed by atoms with E-state index >= 15 is 0 Å². The Balaban J connectivity index is 2.00. The molecule has 1 aliphatic rings. The minimum absolute atomic E-state index is 0.214. The Labute approximate surface area is 134 Å². The topological polar surface area (TPSA) is 75.3 Å². The predicted octanol–water partition coefficient (Wildman–Crippen LogP) is 3.72. The number of benzene rings is 1. The summed E-state index contributed by atoms with van der Waals surface area (Å²) in [4.78, 5) is 10.7. The average molecular weight is 312 g/mol. The van der Waals surface area contributed by atoms with Crippen LogP contribution in [0.2, 0.25) is 0 Å². The van der Waals surface area contributed by atoms with Crippen LogP contribution < -0.4 is 0 Å². The van der Waals surface area contributed by atoms with E-state index < -0.39 is 5.97 Å². The molecular weight excluding hydrogens is 292 g/mol. The van der Waals surface area contributed by atoms with Gasteiger partial charge in [0.1, 0.15) is 5.75 Å². The lowest BCUT2D eigenvalue weighted by Gasteiger charge is -2.22. The highest BCUT2D eigenvalue weighted by Crippen LogP contribution is 2.34. The van der Waals surface area contributed by atoms with Crippen molar-refractivity contribution in [3.63, 3.8) is 0 Å². The molecule has 2 N–H and O–H groups in total. The molecule has 0 spiro atoms. The number of phenols is 1. The van der Waals surface area contributed by atoms with Gasteiger partial charge in [-0.25, -0.2) is 9.48 Å². The molecule has 5 heteroatoms. The van der Waals surface area contributed by atoms with Gasteiger partial charge in [-0.05, 0) is 49.2 Å². The summed E-state index contributed by atoms with van der Waals surface area (Å²) in [5.74, 6) is -0.327. The van der Waals surface area contributed by atoms with Gasteiger partial charge >= 0.3 is 5.97 Å². The normalized spacial score (nSPS) is 16.0. The van der Waals surface area contributed by atoms with Crippen LogP contribution in [0.4, 0.5) is 0 Å². The maximum Gasteiger partial charge on any atom is 0.328 e.